The van der Waals surface area contributed by atoms with E-state index in [1.807, 2.05) is 0 Å². The molecular weight excluding hydrogens is 128 g/mol. The van der Waals surface area contributed by atoms with Crippen LogP contribution >= 0.6 is 0 Å². The Bertz CT molecular complexity index is 71.3. The van der Waals surface area contributed by atoms with Crippen LogP contribution in [0.5, 0.6) is 0 Å². The number of hydrogen-bond donors (Lipinski definition) is 0. The molecule has 0 amide bonds. The summed E-state index contributed by atoms with van der Waals surface area (Å²) in [7, 11) is 0.885. The predicted molar refractivity (Wildman–Crippen MR) is 44.6 cm³/mol. The Morgan fingerprint density at radius 3 is 2.33 bits per heavy atom. The van der Waals surface area contributed by atoms with Crippen molar-refractivity contribution in [2.45, 2.75) is 33.6 Å². The second-order valence-corrected chi connectivity index (χ2v) is 3.84. The summed E-state index contributed by atoms with van der Waals surface area (Å²) in [5.41, 5.74) is 0.490. The Morgan fingerprint density at radius 1 is 1.44 bits per heavy atom. The SMILES string of the molecule is CCC(C)(C)CCO[SiH3]. The summed E-state index contributed by atoms with van der Waals surface area (Å²) in [6.45, 7) is 7.75. The number of rotatable bonds is 4. The molecule has 0 saturated heterocycles. The fraction of sp³-hybridized carbons (Fsp3) is 1.00. The molecule has 0 aromatic heterocycles. The minimum absolute atomic E-state index is 0.490. The molecule has 0 atom stereocenters. The van der Waals surface area contributed by atoms with Gasteiger partial charge in [-0.15, -0.1) is 0 Å². The third kappa shape index (κ3) is 4.67. The maximum Gasteiger partial charge on any atom is 0.145 e. The van der Waals surface area contributed by atoms with E-state index in [0.717, 1.165) is 17.1 Å². The van der Waals surface area contributed by atoms with Gasteiger partial charge in [-0.05, 0) is 11.8 Å². The molecule has 0 aliphatic rings. The second-order valence-electron chi connectivity index (χ2n) is 3.26. The standard InChI is InChI=1S/C7H18OSi/c1-4-7(2,3)5-6-8-9/h4-6H2,1-3,9H3. The Morgan fingerprint density at radius 2 is 2.00 bits per heavy atom. The largest absolute Gasteiger partial charge is 0.428 e. The van der Waals surface area contributed by atoms with Crippen molar-refractivity contribution in [3.8, 4) is 0 Å². The van der Waals surface area contributed by atoms with Crippen molar-refractivity contribution in [1.82, 2.24) is 0 Å². The highest BCUT2D eigenvalue weighted by Crippen LogP contribution is 2.23. The van der Waals surface area contributed by atoms with Gasteiger partial charge >= 0.3 is 0 Å². The minimum Gasteiger partial charge on any atom is -0.428 e. The normalized spacial score (nSPS) is 12.3. The Balaban J connectivity index is 3.33. The molecule has 1 nitrogen and oxygen atoms in total. The van der Waals surface area contributed by atoms with Crippen molar-refractivity contribution >= 4 is 10.5 Å². The average molecular weight is 146 g/mol. The first-order valence-corrected chi connectivity index (χ1v) is 4.43. The van der Waals surface area contributed by atoms with Gasteiger partial charge in [0.15, 0.2) is 0 Å². The number of hydrogen-bond acceptors (Lipinski definition) is 1. The highest BCUT2D eigenvalue weighted by molar-refractivity contribution is 5.97. The molecule has 0 aromatic rings. The maximum atomic E-state index is 5.12. The van der Waals surface area contributed by atoms with Crippen LogP contribution < -0.4 is 0 Å². The molecular formula is C7H18OSi. The molecule has 0 rings (SSSR count). The van der Waals surface area contributed by atoms with Crippen molar-refractivity contribution < 1.29 is 4.43 Å². The van der Waals surface area contributed by atoms with Gasteiger partial charge in [0.25, 0.3) is 0 Å². The van der Waals surface area contributed by atoms with E-state index < -0.39 is 0 Å². The third-order valence-electron chi connectivity index (χ3n) is 1.94. The summed E-state index contributed by atoms with van der Waals surface area (Å²) in [4.78, 5) is 0. The fourth-order valence-electron chi connectivity index (χ4n) is 0.555. The Labute approximate surface area is 61.3 Å². The van der Waals surface area contributed by atoms with Crippen molar-refractivity contribution in [1.29, 1.82) is 0 Å². The molecule has 0 bridgehead atoms. The van der Waals surface area contributed by atoms with Crippen molar-refractivity contribution in [3.63, 3.8) is 0 Å². The van der Waals surface area contributed by atoms with E-state index in [0.29, 0.717) is 5.41 Å². The fourth-order valence-corrected chi connectivity index (χ4v) is 0.759. The Hall–Kier alpha value is 0.177. The van der Waals surface area contributed by atoms with Crippen LogP contribution in [0.3, 0.4) is 0 Å². The average Bonchev–Trinajstić information content (AvgIpc) is 1.84. The van der Waals surface area contributed by atoms with E-state index >= 15 is 0 Å². The van der Waals surface area contributed by atoms with Gasteiger partial charge in [0, 0.05) is 6.61 Å². The monoisotopic (exact) mass is 146 g/mol. The Kier molecular flexibility index (Phi) is 4.15. The van der Waals surface area contributed by atoms with Crippen LogP contribution in [0.4, 0.5) is 0 Å². The smallest absolute Gasteiger partial charge is 0.145 e. The lowest BCUT2D eigenvalue weighted by molar-refractivity contribution is 0.235. The van der Waals surface area contributed by atoms with Crippen LogP contribution in [-0.4, -0.2) is 17.1 Å². The highest BCUT2D eigenvalue weighted by Gasteiger charge is 2.13. The third-order valence-corrected chi connectivity index (χ3v) is 2.35. The van der Waals surface area contributed by atoms with Crippen molar-refractivity contribution in [2.75, 3.05) is 6.61 Å². The molecule has 0 N–H and O–H groups in total. The molecule has 0 fully saturated rings. The lowest BCUT2D eigenvalue weighted by atomic mass is 9.87. The summed E-state index contributed by atoms with van der Waals surface area (Å²) in [6, 6.07) is 0. The summed E-state index contributed by atoms with van der Waals surface area (Å²) in [6.07, 6.45) is 2.45. The van der Waals surface area contributed by atoms with Gasteiger partial charge in [-0.2, -0.15) is 0 Å². The topological polar surface area (TPSA) is 9.23 Å². The molecule has 0 spiro atoms. The quantitative estimate of drug-likeness (QED) is 0.540. The van der Waals surface area contributed by atoms with Gasteiger partial charge in [-0.25, -0.2) is 0 Å². The molecule has 0 radical (unpaired) electrons. The van der Waals surface area contributed by atoms with Gasteiger partial charge in [0.1, 0.15) is 10.5 Å². The van der Waals surface area contributed by atoms with Gasteiger partial charge in [0.05, 0.1) is 0 Å². The van der Waals surface area contributed by atoms with Crippen LogP contribution in [-0.2, 0) is 4.43 Å². The van der Waals surface area contributed by atoms with E-state index in [4.69, 9.17) is 4.43 Å². The molecule has 0 aliphatic heterocycles. The van der Waals surface area contributed by atoms with Gasteiger partial charge < -0.3 is 4.43 Å². The highest BCUT2D eigenvalue weighted by atomic mass is 28.2. The molecule has 0 unspecified atom stereocenters. The van der Waals surface area contributed by atoms with Crippen molar-refractivity contribution in [3.05, 3.63) is 0 Å². The predicted octanol–water partition coefficient (Wildman–Crippen LogP) is 1.11. The van der Waals surface area contributed by atoms with Gasteiger partial charge in [-0.1, -0.05) is 27.2 Å². The van der Waals surface area contributed by atoms with Gasteiger partial charge in [0.2, 0.25) is 0 Å². The zero-order chi connectivity index (χ0) is 7.33. The summed E-state index contributed by atoms with van der Waals surface area (Å²) in [5.74, 6) is 0. The van der Waals surface area contributed by atoms with E-state index in [1.54, 1.807) is 0 Å². The summed E-state index contributed by atoms with van der Waals surface area (Å²) >= 11 is 0. The van der Waals surface area contributed by atoms with E-state index in [2.05, 4.69) is 20.8 Å². The minimum atomic E-state index is 0.490. The van der Waals surface area contributed by atoms with Crippen LogP contribution in [0.15, 0.2) is 0 Å². The summed E-state index contributed by atoms with van der Waals surface area (Å²) < 4.78 is 5.12. The molecule has 0 heterocycles. The van der Waals surface area contributed by atoms with Crippen molar-refractivity contribution in [2.24, 2.45) is 5.41 Å². The van der Waals surface area contributed by atoms with Crippen LogP contribution in [0, 0.1) is 5.41 Å². The summed E-state index contributed by atoms with van der Waals surface area (Å²) in [5, 5.41) is 0. The molecule has 0 aliphatic carbocycles. The van der Waals surface area contributed by atoms with Crippen LogP contribution in [0.2, 0.25) is 0 Å². The zero-order valence-electron chi connectivity index (χ0n) is 7.03. The molecule has 56 valence electrons. The first kappa shape index (κ1) is 9.18. The lowest BCUT2D eigenvalue weighted by Gasteiger charge is -2.21. The molecule has 0 aromatic carbocycles. The second kappa shape index (κ2) is 4.07. The van der Waals surface area contributed by atoms with Gasteiger partial charge in [-0.3, -0.25) is 0 Å². The zero-order valence-corrected chi connectivity index (χ0v) is 9.03. The van der Waals surface area contributed by atoms with E-state index in [9.17, 15) is 0 Å². The first-order chi connectivity index (χ1) is 4.12. The molecule has 0 saturated carbocycles. The van der Waals surface area contributed by atoms with Crippen LogP contribution in [0.25, 0.3) is 0 Å². The molecule has 9 heavy (non-hydrogen) atoms. The van der Waals surface area contributed by atoms with E-state index in [-0.39, 0.29) is 0 Å². The first-order valence-electron chi connectivity index (χ1n) is 3.61. The maximum absolute atomic E-state index is 5.12. The lowest BCUT2D eigenvalue weighted by Crippen LogP contribution is -2.12. The van der Waals surface area contributed by atoms with E-state index in [1.165, 1.54) is 12.8 Å². The van der Waals surface area contributed by atoms with Crippen LogP contribution in [0.1, 0.15) is 33.6 Å². The molecule has 2 heteroatoms.